The predicted molar refractivity (Wildman–Crippen MR) is 54.2 cm³/mol. The van der Waals surface area contributed by atoms with E-state index in [-0.39, 0.29) is 5.03 Å². The molecule has 78 valence electrons. The lowest BCUT2D eigenvalue weighted by atomic mass is 10.1. The molecule has 0 radical (unpaired) electrons. The van der Waals surface area contributed by atoms with Crippen LogP contribution in [-0.2, 0) is 16.4 Å². The molecule has 0 amide bonds. The monoisotopic (exact) mass is 214 g/mol. The zero-order chi connectivity index (χ0) is 10.6. The van der Waals surface area contributed by atoms with E-state index in [9.17, 15) is 8.42 Å². The van der Waals surface area contributed by atoms with E-state index in [2.05, 4.69) is 4.98 Å². The van der Waals surface area contributed by atoms with Crippen LogP contribution in [0.25, 0.3) is 0 Å². The molecular weight excluding hydrogens is 200 g/mol. The van der Waals surface area contributed by atoms with Gasteiger partial charge in [-0.25, -0.2) is 18.5 Å². The van der Waals surface area contributed by atoms with Crippen molar-refractivity contribution in [3.63, 3.8) is 0 Å². The molecule has 0 bridgehead atoms. The van der Waals surface area contributed by atoms with Crippen molar-refractivity contribution in [1.29, 1.82) is 0 Å². The number of hydrogen-bond acceptors (Lipinski definition) is 3. The van der Waals surface area contributed by atoms with Crippen LogP contribution in [0.4, 0.5) is 0 Å². The van der Waals surface area contributed by atoms with E-state index >= 15 is 0 Å². The minimum absolute atomic E-state index is 0.00782. The van der Waals surface area contributed by atoms with Gasteiger partial charge in [0, 0.05) is 6.20 Å². The number of nitrogens with zero attached hydrogens (tertiary/aromatic N) is 1. The second kappa shape index (κ2) is 4.52. The van der Waals surface area contributed by atoms with Crippen molar-refractivity contribution in [2.75, 3.05) is 0 Å². The summed E-state index contributed by atoms with van der Waals surface area (Å²) >= 11 is 0. The van der Waals surface area contributed by atoms with E-state index < -0.39 is 10.0 Å². The van der Waals surface area contributed by atoms with Crippen molar-refractivity contribution in [3.05, 3.63) is 23.9 Å². The van der Waals surface area contributed by atoms with Crippen molar-refractivity contribution in [1.82, 2.24) is 4.98 Å². The van der Waals surface area contributed by atoms with Gasteiger partial charge in [-0.3, -0.25) is 0 Å². The SMILES string of the molecule is CCCCc1cccnc1S(N)(=O)=O. The number of unbranched alkanes of at least 4 members (excludes halogenated alkanes) is 1. The third-order valence-electron chi connectivity index (χ3n) is 1.92. The van der Waals surface area contributed by atoms with Crippen LogP contribution >= 0.6 is 0 Å². The Balaban J connectivity index is 3.04. The molecule has 1 rings (SSSR count). The Bertz CT molecular complexity index is 401. The summed E-state index contributed by atoms with van der Waals surface area (Å²) in [6, 6.07) is 3.47. The Kier molecular flexibility index (Phi) is 3.60. The Morgan fingerprint density at radius 2 is 2.21 bits per heavy atom. The van der Waals surface area contributed by atoms with Gasteiger partial charge in [0.2, 0.25) is 0 Å². The number of rotatable bonds is 4. The number of aromatic nitrogens is 1. The summed E-state index contributed by atoms with van der Waals surface area (Å²) in [4.78, 5) is 3.79. The van der Waals surface area contributed by atoms with Crippen molar-refractivity contribution in [2.45, 2.75) is 31.2 Å². The van der Waals surface area contributed by atoms with E-state index in [4.69, 9.17) is 5.14 Å². The third-order valence-corrected chi connectivity index (χ3v) is 2.83. The normalized spacial score (nSPS) is 11.6. The first kappa shape index (κ1) is 11.1. The number of pyridine rings is 1. The lowest BCUT2D eigenvalue weighted by Gasteiger charge is -2.04. The van der Waals surface area contributed by atoms with Crippen LogP contribution in [0.2, 0.25) is 0 Å². The van der Waals surface area contributed by atoms with Gasteiger partial charge in [0.05, 0.1) is 0 Å². The predicted octanol–water partition coefficient (Wildman–Crippen LogP) is 1.07. The first-order chi connectivity index (χ1) is 6.55. The van der Waals surface area contributed by atoms with Crippen LogP contribution < -0.4 is 5.14 Å². The van der Waals surface area contributed by atoms with Gasteiger partial charge in [0.15, 0.2) is 5.03 Å². The second-order valence-electron chi connectivity index (χ2n) is 3.12. The lowest BCUT2D eigenvalue weighted by molar-refractivity contribution is 0.591. The summed E-state index contributed by atoms with van der Waals surface area (Å²) in [6.45, 7) is 2.05. The smallest absolute Gasteiger partial charge is 0.243 e. The van der Waals surface area contributed by atoms with Crippen LogP contribution in [0, 0.1) is 0 Å². The Hall–Kier alpha value is -0.940. The van der Waals surface area contributed by atoms with Gasteiger partial charge < -0.3 is 0 Å². The molecule has 0 aliphatic heterocycles. The molecule has 2 N–H and O–H groups in total. The lowest BCUT2D eigenvalue weighted by Crippen LogP contribution is -2.16. The van der Waals surface area contributed by atoms with Crippen molar-refractivity contribution >= 4 is 10.0 Å². The largest absolute Gasteiger partial charge is 0.255 e. The maximum Gasteiger partial charge on any atom is 0.255 e. The molecule has 0 saturated heterocycles. The first-order valence-corrected chi connectivity index (χ1v) is 6.07. The topological polar surface area (TPSA) is 73.0 Å². The molecule has 0 atom stereocenters. The van der Waals surface area contributed by atoms with Crippen LogP contribution in [-0.4, -0.2) is 13.4 Å². The van der Waals surface area contributed by atoms with E-state index in [1.807, 2.05) is 6.92 Å². The van der Waals surface area contributed by atoms with Crippen LogP contribution in [0.1, 0.15) is 25.3 Å². The molecule has 0 aromatic carbocycles. The van der Waals surface area contributed by atoms with Gasteiger partial charge >= 0.3 is 0 Å². The van der Waals surface area contributed by atoms with Gasteiger partial charge in [-0.15, -0.1) is 0 Å². The molecule has 5 heteroatoms. The van der Waals surface area contributed by atoms with Crippen LogP contribution in [0.3, 0.4) is 0 Å². The van der Waals surface area contributed by atoms with E-state index in [0.29, 0.717) is 12.0 Å². The number of nitrogens with two attached hydrogens (primary N) is 1. The highest BCUT2D eigenvalue weighted by molar-refractivity contribution is 7.89. The number of primary sulfonamides is 1. The maximum atomic E-state index is 11.1. The fourth-order valence-electron chi connectivity index (χ4n) is 1.24. The van der Waals surface area contributed by atoms with E-state index in [1.54, 1.807) is 12.1 Å². The number of aryl methyl sites for hydroxylation is 1. The summed E-state index contributed by atoms with van der Waals surface area (Å²) in [6.07, 6.45) is 4.10. The molecule has 0 unspecified atom stereocenters. The standard InChI is InChI=1S/C9H14N2O2S/c1-2-3-5-8-6-4-7-11-9(8)14(10,12)13/h4,6-7H,2-3,5H2,1H3,(H2,10,12,13). The summed E-state index contributed by atoms with van der Waals surface area (Å²) in [5.74, 6) is 0. The fourth-order valence-corrected chi connectivity index (χ4v) is 1.98. The maximum absolute atomic E-state index is 11.1. The minimum Gasteiger partial charge on any atom is -0.243 e. The Morgan fingerprint density at radius 1 is 1.50 bits per heavy atom. The van der Waals surface area contributed by atoms with Crippen LogP contribution in [0.15, 0.2) is 23.4 Å². The molecule has 4 nitrogen and oxygen atoms in total. The molecule has 0 spiro atoms. The average Bonchev–Trinajstić information content (AvgIpc) is 2.14. The van der Waals surface area contributed by atoms with E-state index in [0.717, 1.165) is 12.8 Å². The van der Waals surface area contributed by atoms with Gasteiger partial charge in [0.1, 0.15) is 0 Å². The molecule has 0 saturated carbocycles. The molecule has 0 aliphatic carbocycles. The molecule has 1 aromatic rings. The zero-order valence-corrected chi connectivity index (χ0v) is 8.92. The highest BCUT2D eigenvalue weighted by Gasteiger charge is 2.13. The molecule has 1 aromatic heterocycles. The van der Waals surface area contributed by atoms with Gasteiger partial charge in [-0.05, 0) is 24.5 Å². The average molecular weight is 214 g/mol. The second-order valence-corrected chi connectivity index (χ2v) is 4.59. The zero-order valence-electron chi connectivity index (χ0n) is 8.10. The highest BCUT2D eigenvalue weighted by Crippen LogP contribution is 2.12. The molecule has 0 fully saturated rings. The van der Waals surface area contributed by atoms with Crippen LogP contribution in [0.5, 0.6) is 0 Å². The van der Waals surface area contributed by atoms with Crippen molar-refractivity contribution in [3.8, 4) is 0 Å². The summed E-state index contributed by atoms with van der Waals surface area (Å²) < 4.78 is 22.3. The summed E-state index contributed by atoms with van der Waals surface area (Å²) in [5, 5.41) is 5.05. The number of hydrogen-bond donors (Lipinski definition) is 1. The number of sulfonamides is 1. The molecule has 0 aliphatic rings. The summed E-state index contributed by atoms with van der Waals surface area (Å²) in [5.41, 5.74) is 0.705. The summed E-state index contributed by atoms with van der Waals surface area (Å²) in [7, 11) is -3.68. The molecule has 14 heavy (non-hydrogen) atoms. The van der Waals surface area contributed by atoms with Crippen molar-refractivity contribution < 1.29 is 8.42 Å². The van der Waals surface area contributed by atoms with Gasteiger partial charge in [-0.1, -0.05) is 19.4 Å². The van der Waals surface area contributed by atoms with E-state index in [1.165, 1.54) is 6.20 Å². The van der Waals surface area contributed by atoms with Gasteiger partial charge in [-0.2, -0.15) is 0 Å². The Labute approximate surface area is 84.2 Å². The quantitative estimate of drug-likeness (QED) is 0.814. The highest BCUT2D eigenvalue weighted by atomic mass is 32.2. The first-order valence-electron chi connectivity index (χ1n) is 4.52. The molecular formula is C9H14N2O2S. The van der Waals surface area contributed by atoms with Gasteiger partial charge in [0.25, 0.3) is 10.0 Å². The molecule has 1 heterocycles. The fraction of sp³-hybridized carbons (Fsp3) is 0.444. The Morgan fingerprint density at radius 3 is 2.79 bits per heavy atom. The van der Waals surface area contributed by atoms with Crippen molar-refractivity contribution in [2.24, 2.45) is 5.14 Å². The third kappa shape index (κ3) is 2.78. The minimum atomic E-state index is -3.68.